The maximum atomic E-state index is 2.33. The molecule has 0 heterocycles. The number of hydrogen-bond acceptors (Lipinski definition) is 0. The molecule has 82 valence electrons. The van der Waals surface area contributed by atoms with Crippen molar-refractivity contribution >= 4 is 0 Å². The minimum Gasteiger partial charge on any atom is -0.0885 e. The smallest absolute Gasteiger partial charge is 0.0244 e. The molecule has 0 radical (unpaired) electrons. The van der Waals surface area contributed by atoms with Gasteiger partial charge in [0, 0.05) is 0 Å². The van der Waals surface area contributed by atoms with E-state index < -0.39 is 0 Å². The second kappa shape index (κ2) is 8.28. The zero-order valence-corrected chi connectivity index (χ0v) is 9.78. The standard InChI is InChI=1S/C15H22/c1-2-3-4-5-6-7-9-12-15-13-10-8-11-14-15/h6-8,10-11,13-14H,2-5,9,12H2,1H3. The Morgan fingerprint density at radius 3 is 2.40 bits per heavy atom. The number of benzene rings is 1. The molecular formula is C15H22. The van der Waals surface area contributed by atoms with Crippen LogP contribution in [0.3, 0.4) is 0 Å². The Bertz CT molecular complexity index is 259. The highest BCUT2D eigenvalue weighted by molar-refractivity contribution is 5.15. The van der Waals surface area contributed by atoms with E-state index in [9.17, 15) is 0 Å². The van der Waals surface area contributed by atoms with E-state index in [2.05, 4.69) is 49.4 Å². The first-order valence-corrected chi connectivity index (χ1v) is 6.12. The van der Waals surface area contributed by atoms with Crippen LogP contribution < -0.4 is 0 Å². The van der Waals surface area contributed by atoms with E-state index in [0.29, 0.717) is 0 Å². The quantitative estimate of drug-likeness (QED) is 0.442. The third-order valence-corrected chi connectivity index (χ3v) is 2.58. The molecule has 0 spiro atoms. The molecule has 1 rings (SSSR count). The molecule has 1 aromatic carbocycles. The van der Waals surface area contributed by atoms with Crippen molar-refractivity contribution in [2.24, 2.45) is 0 Å². The van der Waals surface area contributed by atoms with Crippen molar-refractivity contribution in [1.82, 2.24) is 0 Å². The summed E-state index contributed by atoms with van der Waals surface area (Å²) in [6.45, 7) is 2.25. The molecule has 1 aromatic rings. The average Bonchev–Trinajstić information content (AvgIpc) is 2.29. The Labute approximate surface area is 94.0 Å². The highest BCUT2D eigenvalue weighted by Crippen LogP contribution is 2.04. The van der Waals surface area contributed by atoms with Crippen LogP contribution in [0, 0.1) is 0 Å². The number of rotatable bonds is 7. The van der Waals surface area contributed by atoms with Crippen molar-refractivity contribution in [3.05, 3.63) is 48.0 Å². The summed E-state index contributed by atoms with van der Waals surface area (Å²) in [7, 11) is 0. The molecule has 0 aromatic heterocycles. The summed E-state index contributed by atoms with van der Waals surface area (Å²) in [6, 6.07) is 10.7. The summed E-state index contributed by atoms with van der Waals surface area (Å²) in [5.74, 6) is 0. The summed E-state index contributed by atoms with van der Waals surface area (Å²) in [5, 5.41) is 0. The lowest BCUT2D eigenvalue weighted by Crippen LogP contribution is -1.81. The molecule has 0 nitrogen and oxygen atoms in total. The van der Waals surface area contributed by atoms with Gasteiger partial charge in [0.25, 0.3) is 0 Å². The average molecular weight is 202 g/mol. The van der Waals surface area contributed by atoms with Gasteiger partial charge in [0.2, 0.25) is 0 Å². The monoisotopic (exact) mass is 202 g/mol. The maximum absolute atomic E-state index is 2.33. The van der Waals surface area contributed by atoms with Crippen molar-refractivity contribution < 1.29 is 0 Å². The second-order valence-corrected chi connectivity index (χ2v) is 3.99. The molecule has 0 saturated heterocycles. The minimum atomic E-state index is 1.17. The fraction of sp³-hybridized carbons (Fsp3) is 0.467. The van der Waals surface area contributed by atoms with E-state index in [-0.39, 0.29) is 0 Å². The van der Waals surface area contributed by atoms with Crippen molar-refractivity contribution in [2.75, 3.05) is 0 Å². The van der Waals surface area contributed by atoms with E-state index in [1.807, 2.05) is 0 Å². The number of hydrogen-bond donors (Lipinski definition) is 0. The van der Waals surface area contributed by atoms with Gasteiger partial charge in [-0.2, -0.15) is 0 Å². The van der Waals surface area contributed by atoms with Gasteiger partial charge in [0.1, 0.15) is 0 Å². The topological polar surface area (TPSA) is 0 Å². The highest BCUT2D eigenvalue weighted by Gasteiger charge is 1.88. The van der Waals surface area contributed by atoms with Crippen LogP contribution in [0.15, 0.2) is 42.5 Å². The zero-order valence-electron chi connectivity index (χ0n) is 9.78. The SMILES string of the molecule is CCCCCC=CCCc1ccccc1. The van der Waals surface area contributed by atoms with Crippen LogP contribution in [0.2, 0.25) is 0 Å². The molecule has 0 aliphatic rings. The van der Waals surface area contributed by atoms with Crippen LogP contribution in [0.25, 0.3) is 0 Å². The van der Waals surface area contributed by atoms with Gasteiger partial charge in [0.15, 0.2) is 0 Å². The molecule has 0 amide bonds. The Kier molecular flexibility index (Phi) is 6.64. The summed E-state index contributed by atoms with van der Waals surface area (Å²) < 4.78 is 0. The maximum Gasteiger partial charge on any atom is -0.0244 e. The normalized spacial score (nSPS) is 11.0. The predicted octanol–water partition coefficient (Wildman–Crippen LogP) is 4.76. The first-order valence-electron chi connectivity index (χ1n) is 6.12. The summed E-state index contributed by atoms with van der Waals surface area (Å²) in [4.78, 5) is 0. The third-order valence-electron chi connectivity index (χ3n) is 2.58. The molecule has 0 atom stereocenters. The Morgan fingerprint density at radius 1 is 0.933 bits per heavy atom. The highest BCUT2D eigenvalue weighted by atomic mass is 13.9. The van der Waals surface area contributed by atoms with Gasteiger partial charge in [-0.1, -0.05) is 62.2 Å². The van der Waals surface area contributed by atoms with Gasteiger partial charge in [-0.25, -0.2) is 0 Å². The molecule has 0 aliphatic carbocycles. The third kappa shape index (κ3) is 6.11. The first-order chi connectivity index (χ1) is 7.43. The Balaban J connectivity index is 2.06. The fourth-order valence-electron chi connectivity index (χ4n) is 1.64. The first kappa shape index (κ1) is 12.0. The molecule has 0 heteroatoms. The Morgan fingerprint density at radius 2 is 1.67 bits per heavy atom. The van der Waals surface area contributed by atoms with Crippen LogP contribution in [0.4, 0.5) is 0 Å². The lowest BCUT2D eigenvalue weighted by molar-refractivity contribution is 0.728. The van der Waals surface area contributed by atoms with Gasteiger partial charge in [-0.3, -0.25) is 0 Å². The number of aryl methyl sites for hydroxylation is 1. The van der Waals surface area contributed by atoms with E-state index >= 15 is 0 Å². The summed E-state index contributed by atoms with van der Waals surface area (Å²) in [5.41, 5.74) is 1.44. The Hall–Kier alpha value is -1.04. The summed E-state index contributed by atoms with van der Waals surface area (Å²) >= 11 is 0. The second-order valence-electron chi connectivity index (χ2n) is 3.99. The predicted molar refractivity (Wildman–Crippen MR) is 68.0 cm³/mol. The molecular weight excluding hydrogens is 180 g/mol. The van der Waals surface area contributed by atoms with E-state index in [0.717, 1.165) is 0 Å². The van der Waals surface area contributed by atoms with Crippen molar-refractivity contribution in [2.45, 2.75) is 45.4 Å². The van der Waals surface area contributed by atoms with Gasteiger partial charge in [-0.15, -0.1) is 0 Å². The van der Waals surface area contributed by atoms with E-state index in [1.165, 1.54) is 44.1 Å². The molecule has 0 aliphatic heterocycles. The fourth-order valence-corrected chi connectivity index (χ4v) is 1.64. The van der Waals surface area contributed by atoms with Crippen LogP contribution in [-0.4, -0.2) is 0 Å². The lowest BCUT2D eigenvalue weighted by atomic mass is 10.1. The lowest BCUT2D eigenvalue weighted by Gasteiger charge is -1.96. The largest absolute Gasteiger partial charge is 0.0885 e. The van der Waals surface area contributed by atoms with Crippen LogP contribution in [0.5, 0.6) is 0 Å². The van der Waals surface area contributed by atoms with Crippen LogP contribution in [0.1, 0.15) is 44.6 Å². The van der Waals surface area contributed by atoms with Gasteiger partial charge in [-0.05, 0) is 31.2 Å². The number of unbranched alkanes of at least 4 members (excludes halogenated alkanes) is 3. The van der Waals surface area contributed by atoms with E-state index in [1.54, 1.807) is 0 Å². The molecule has 0 saturated carbocycles. The van der Waals surface area contributed by atoms with Gasteiger partial charge >= 0.3 is 0 Å². The van der Waals surface area contributed by atoms with Gasteiger partial charge in [0.05, 0.1) is 0 Å². The van der Waals surface area contributed by atoms with E-state index in [4.69, 9.17) is 0 Å². The molecule has 0 N–H and O–H groups in total. The minimum absolute atomic E-state index is 1.17. The molecule has 0 unspecified atom stereocenters. The van der Waals surface area contributed by atoms with Crippen molar-refractivity contribution in [1.29, 1.82) is 0 Å². The summed E-state index contributed by atoms with van der Waals surface area (Å²) in [6.07, 6.45) is 12.3. The zero-order chi connectivity index (χ0) is 10.8. The van der Waals surface area contributed by atoms with Crippen molar-refractivity contribution in [3.8, 4) is 0 Å². The number of allylic oxidation sites excluding steroid dienone is 2. The van der Waals surface area contributed by atoms with Crippen LogP contribution >= 0.6 is 0 Å². The van der Waals surface area contributed by atoms with Gasteiger partial charge < -0.3 is 0 Å². The van der Waals surface area contributed by atoms with Crippen LogP contribution in [-0.2, 0) is 6.42 Å². The molecule has 15 heavy (non-hydrogen) atoms. The van der Waals surface area contributed by atoms with Crippen molar-refractivity contribution in [3.63, 3.8) is 0 Å². The molecule has 0 bridgehead atoms. The molecule has 0 fully saturated rings.